The van der Waals surface area contributed by atoms with Crippen molar-refractivity contribution in [2.75, 3.05) is 27.2 Å². The molecule has 1 aromatic heterocycles. The monoisotopic (exact) mass is 247 g/mol. The molecule has 2 heterocycles. The Hall–Kier alpha value is -1.42. The van der Waals surface area contributed by atoms with E-state index in [-0.39, 0.29) is 5.91 Å². The molecule has 98 valence electrons. The zero-order chi connectivity index (χ0) is 13.0. The molecular weight excluding hydrogens is 226 g/mol. The molecule has 1 aromatic rings. The largest absolute Gasteiger partial charge is 0.342 e. The molecule has 1 aliphatic heterocycles. The number of likely N-dealkylation sites (tertiary alicyclic amines) is 1. The van der Waals surface area contributed by atoms with Gasteiger partial charge in [-0.15, -0.1) is 0 Å². The number of amides is 1. The molecule has 1 saturated heterocycles. The molecule has 0 unspecified atom stereocenters. The average molecular weight is 247 g/mol. The topological polar surface area (TPSA) is 36.4 Å². The third-order valence-corrected chi connectivity index (χ3v) is 3.69. The van der Waals surface area contributed by atoms with Gasteiger partial charge in [0.1, 0.15) is 0 Å². The Bertz CT molecular complexity index is 385. The van der Waals surface area contributed by atoms with Crippen LogP contribution >= 0.6 is 0 Å². The van der Waals surface area contributed by atoms with Gasteiger partial charge in [0.25, 0.3) is 0 Å². The van der Waals surface area contributed by atoms with Crippen LogP contribution in [-0.4, -0.2) is 53.9 Å². The van der Waals surface area contributed by atoms with E-state index in [1.807, 2.05) is 30.1 Å². The molecule has 4 nitrogen and oxygen atoms in total. The van der Waals surface area contributed by atoms with Crippen LogP contribution in [0.25, 0.3) is 0 Å². The van der Waals surface area contributed by atoms with Crippen molar-refractivity contribution < 1.29 is 4.79 Å². The van der Waals surface area contributed by atoms with Gasteiger partial charge < -0.3 is 9.80 Å². The Labute approximate surface area is 109 Å². The molecule has 4 heteroatoms. The number of hydrogen-bond acceptors (Lipinski definition) is 3. The Morgan fingerprint density at radius 3 is 2.78 bits per heavy atom. The molecule has 1 fully saturated rings. The van der Waals surface area contributed by atoms with Crippen molar-refractivity contribution in [3.63, 3.8) is 0 Å². The number of pyridine rings is 1. The highest BCUT2D eigenvalue weighted by Gasteiger charge is 2.23. The number of hydrogen-bond donors (Lipinski definition) is 0. The maximum Gasteiger partial charge on any atom is 0.228 e. The smallest absolute Gasteiger partial charge is 0.228 e. The van der Waals surface area contributed by atoms with E-state index >= 15 is 0 Å². The van der Waals surface area contributed by atoms with Crippen LogP contribution in [0.3, 0.4) is 0 Å². The normalized spacial score (nSPS) is 17.7. The molecule has 0 atom stereocenters. The standard InChI is InChI=1S/C14H21N3O/c1-16-9-6-13(7-10-16)17(2)14(18)11-12-5-3-4-8-15-12/h3-5,8,13H,6-7,9-11H2,1-2H3. The summed E-state index contributed by atoms with van der Waals surface area (Å²) in [6.45, 7) is 2.15. The van der Waals surface area contributed by atoms with Crippen molar-refractivity contribution in [2.24, 2.45) is 0 Å². The van der Waals surface area contributed by atoms with Gasteiger partial charge in [0.15, 0.2) is 0 Å². The third-order valence-electron chi connectivity index (χ3n) is 3.69. The minimum atomic E-state index is 0.170. The van der Waals surface area contributed by atoms with E-state index in [1.165, 1.54) is 0 Å². The van der Waals surface area contributed by atoms with Crippen LogP contribution in [-0.2, 0) is 11.2 Å². The number of rotatable bonds is 3. The summed E-state index contributed by atoms with van der Waals surface area (Å²) in [7, 11) is 4.05. The van der Waals surface area contributed by atoms with Gasteiger partial charge in [-0.2, -0.15) is 0 Å². The second-order valence-electron chi connectivity index (χ2n) is 5.04. The molecule has 0 aliphatic carbocycles. The van der Waals surface area contributed by atoms with Crippen molar-refractivity contribution in [3.8, 4) is 0 Å². The van der Waals surface area contributed by atoms with Crippen LogP contribution in [0.5, 0.6) is 0 Å². The molecule has 18 heavy (non-hydrogen) atoms. The molecule has 1 amide bonds. The second-order valence-corrected chi connectivity index (χ2v) is 5.04. The Kier molecular flexibility index (Phi) is 4.31. The number of nitrogens with zero attached hydrogens (tertiary/aromatic N) is 3. The SMILES string of the molecule is CN1CCC(N(C)C(=O)Cc2ccccn2)CC1. The molecule has 0 spiro atoms. The first-order chi connectivity index (χ1) is 8.66. The van der Waals surface area contributed by atoms with Crippen molar-refractivity contribution in [1.29, 1.82) is 0 Å². The van der Waals surface area contributed by atoms with Gasteiger partial charge in [-0.05, 0) is 45.1 Å². The number of carbonyl (C=O) groups is 1. The van der Waals surface area contributed by atoms with E-state index in [2.05, 4.69) is 16.9 Å². The van der Waals surface area contributed by atoms with Gasteiger partial charge >= 0.3 is 0 Å². The number of carbonyl (C=O) groups excluding carboxylic acids is 1. The molecule has 0 bridgehead atoms. The lowest BCUT2D eigenvalue weighted by atomic mass is 10.0. The van der Waals surface area contributed by atoms with Crippen LogP contribution < -0.4 is 0 Å². The first-order valence-corrected chi connectivity index (χ1v) is 6.51. The van der Waals surface area contributed by atoms with E-state index in [0.717, 1.165) is 31.6 Å². The lowest BCUT2D eigenvalue weighted by molar-refractivity contribution is -0.132. The quantitative estimate of drug-likeness (QED) is 0.804. The highest BCUT2D eigenvalue weighted by molar-refractivity contribution is 5.78. The van der Waals surface area contributed by atoms with Crippen LogP contribution in [0.1, 0.15) is 18.5 Å². The van der Waals surface area contributed by atoms with Crippen LogP contribution in [0.15, 0.2) is 24.4 Å². The summed E-state index contributed by atoms with van der Waals surface area (Å²) in [5, 5.41) is 0. The molecule has 0 radical (unpaired) electrons. The van der Waals surface area contributed by atoms with Crippen LogP contribution in [0.4, 0.5) is 0 Å². The van der Waals surface area contributed by atoms with Gasteiger partial charge in [-0.1, -0.05) is 6.07 Å². The fourth-order valence-corrected chi connectivity index (χ4v) is 2.37. The predicted molar refractivity (Wildman–Crippen MR) is 71.2 cm³/mol. The number of aromatic nitrogens is 1. The van der Waals surface area contributed by atoms with Crippen molar-refractivity contribution in [2.45, 2.75) is 25.3 Å². The van der Waals surface area contributed by atoms with E-state index < -0.39 is 0 Å². The number of likely N-dealkylation sites (N-methyl/N-ethyl adjacent to an activating group) is 1. The highest BCUT2D eigenvalue weighted by Crippen LogP contribution is 2.15. The Balaban J connectivity index is 1.89. The number of piperidine rings is 1. The fourth-order valence-electron chi connectivity index (χ4n) is 2.37. The highest BCUT2D eigenvalue weighted by atomic mass is 16.2. The maximum absolute atomic E-state index is 12.2. The van der Waals surface area contributed by atoms with Gasteiger partial charge in [-0.3, -0.25) is 9.78 Å². The lowest BCUT2D eigenvalue weighted by Crippen LogP contribution is -2.45. The van der Waals surface area contributed by atoms with E-state index in [9.17, 15) is 4.79 Å². The minimum Gasteiger partial charge on any atom is -0.342 e. The third kappa shape index (κ3) is 3.29. The molecular formula is C14H21N3O. The zero-order valence-electron chi connectivity index (χ0n) is 11.2. The maximum atomic E-state index is 12.2. The minimum absolute atomic E-state index is 0.170. The molecule has 0 saturated carbocycles. The van der Waals surface area contributed by atoms with E-state index in [4.69, 9.17) is 0 Å². The summed E-state index contributed by atoms with van der Waals surface area (Å²) in [6, 6.07) is 6.08. The Morgan fingerprint density at radius 2 is 2.17 bits per heavy atom. The van der Waals surface area contributed by atoms with Crippen molar-refractivity contribution in [3.05, 3.63) is 30.1 Å². The second kappa shape index (κ2) is 5.96. The van der Waals surface area contributed by atoms with Crippen LogP contribution in [0.2, 0.25) is 0 Å². The fraction of sp³-hybridized carbons (Fsp3) is 0.571. The van der Waals surface area contributed by atoms with Gasteiger partial charge in [0.05, 0.1) is 6.42 Å². The molecule has 0 N–H and O–H groups in total. The summed E-state index contributed by atoms with van der Waals surface area (Å²) in [5.74, 6) is 0.170. The summed E-state index contributed by atoms with van der Waals surface area (Å²) in [6.07, 6.45) is 4.28. The van der Waals surface area contributed by atoms with Gasteiger partial charge in [0.2, 0.25) is 5.91 Å². The molecule has 1 aliphatic rings. The first kappa shape index (κ1) is 13.0. The lowest BCUT2D eigenvalue weighted by Gasteiger charge is -2.35. The Morgan fingerprint density at radius 1 is 1.44 bits per heavy atom. The predicted octanol–water partition coefficient (Wildman–Crippen LogP) is 1.18. The summed E-state index contributed by atoms with van der Waals surface area (Å²) in [4.78, 5) is 20.6. The molecule has 0 aromatic carbocycles. The van der Waals surface area contributed by atoms with E-state index in [1.54, 1.807) is 6.20 Å². The van der Waals surface area contributed by atoms with Crippen molar-refractivity contribution >= 4 is 5.91 Å². The average Bonchev–Trinajstić information content (AvgIpc) is 2.40. The van der Waals surface area contributed by atoms with Gasteiger partial charge in [0, 0.05) is 25.0 Å². The zero-order valence-corrected chi connectivity index (χ0v) is 11.2. The molecule has 2 rings (SSSR count). The summed E-state index contributed by atoms with van der Waals surface area (Å²) >= 11 is 0. The van der Waals surface area contributed by atoms with Gasteiger partial charge in [-0.25, -0.2) is 0 Å². The van der Waals surface area contributed by atoms with E-state index in [0.29, 0.717) is 12.5 Å². The summed E-state index contributed by atoms with van der Waals surface area (Å²) in [5.41, 5.74) is 0.849. The van der Waals surface area contributed by atoms with Crippen LogP contribution in [0, 0.1) is 0 Å². The van der Waals surface area contributed by atoms with Crippen molar-refractivity contribution in [1.82, 2.24) is 14.8 Å². The first-order valence-electron chi connectivity index (χ1n) is 6.51. The summed E-state index contributed by atoms with van der Waals surface area (Å²) < 4.78 is 0.